The van der Waals surface area contributed by atoms with Crippen molar-refractivity contribution in [1.29, 1.82) is 0 Å². The van der Waals surface area contributed by atoms with Gasteiger partial charge in [-0.05, 0) is 35.7 Å². The third-order valence-corrected chi connectivity index (χ3v) is 4.83. The van der Waals surface area contributed by atoms with E-state index in [4.69, 9.17) is 0 Å². The summed E-state index contributed by atoms with van der Waals surface area (Å²) < 4.78 is 0. The van der Waals surface area contributed by atoms with Gasteiger partial charge in [-0.2, -0.15) is 0 Å². The molecule has 0 saturated carbocycles. The molecule has 28 heavy (non-hydrogen) atoms. The molecule has 1 amide bonds. The van der Waals surface area contributed by atoms with E-state index in [1.165, 1.54) is 5.56 Å². The van der Waals surface area contributed by atoms with Crippen LogP contribution in [0.3, 0.4) is 0 Å². The quantitative estimate of drug-likeness (QED) is 0.550. The summed E-state index contributed by atoms with van der Waals surface area (Å²) in [6.45, 7) is 2.68. The molecule has 2 aromatic carbocycles. The van der Waals surface area contributed by atoms with Crippen LogP contribution in [0.4, 0.5) is 0 Å². The van der Waals surface area contributed by atoms with Gasteiger partial charge in [0, 0.05) is 18.1 Å². The van der Waals surface area contributed by atoms with E-state index in [1.807, 2.05) is 66.7 Å². The fourth-order valence-corrected chi connectivity index (χ4v) is 3.25. The van der Waals surface area contributed by atoms with Crippen LogP contribution in [-0.4, -0.2) is 22.4 Å². The summed E-state index contributed by atoms with van der Waals surface area (Å²) in [7, 11) is 0. The standard InChI is InChI=1S/C24H21N3O/c1-17(18-9-3-2-4-10-18)16-26-24(28)20-15-23(22-13-7-8-14-25-22)27-21-12-6-5-11-19(20)21/h2-15,17H,16H2,1H3,(H,26,28)/t17-/m1/s1. The van der Waals surface area contributed by atoms with Gasteiger partial charge in [-0.3, -0.25) is 9.78 Å². The number of benzene rings is 2. The van der Waals surface area contributed by atoms with Gasteiger partial charge in [0.25, 0.3) is 5.91 Å². The lowest BCUT2D eigenvalue weighted by Gasteiger charge is -2.14. The Bertz CT molecular complexity index is 1090. The minimum atomic E-state index is -0.0986. The number of carbonyl (C=O) groups is 1. The lowest BCUT2D eigenvalue weighted by molar-refractivity contribution is 0.0953. The third kappa shape index (κ3) is 3.76. The largest absolute Gasteiger partial charge is 0.351 e. The molecular formula is C24H21N3O. The van der Waals surface area contributed by atoms with Gasteiger partial charge < -0.3 is 5.32 Å². The molecule has 0 radical (unpaired) electrons. The smallest absolute Gasteiger partial charge is 0.252 e. The number of para-hydroxylation sites is 1. The van der Waals surface area contributed by atoms with Gasteiger partial charge in [0.2, 0.25) is 0 Å². The highest BCUT2D eigenvalue weighted by Crippen LogP contribution is 2.24. The second-order valence-electron chi connectivity index (χ2n) is 6.81. The fourth-order valence-electron chi connectivity index (χ4n) is 3.25. The molecule has 4 rings (SSSR count). The summed E-state index contributed by atoms with van der Waals surface area (Å²) in [5.74, 6) is 0.132. The molecule has 4 aromatic rings. The first-order chi connectivity index (χ1) is 13.7. The fraction of sp³-hybridized carbons (Fsp3) is 0.125. The van der Waals surface area contributed by atoms with Crippen molar-refractivity contribution in [2.24, 2.45) is 0 Å². The normalized spacial score (nSPS) is 11.9. The molecule has 1 atom stereocenters. The summed E-state index contributed by atoms with van der Waals surface area (Å²) in [5, 5.41) is 3.92. The molecule has 0 fully saturated rings. The van der Waals surface area contributed by atoms with Gasteiger partial charge in [0.1, 0.15) is 0 Å². The summed E-state index contributed by atoms with van der Waals surface area (Å²) in [4.78, 5) is 22.1. The molecule has 4 nitrogen and oxygen atoms in total. The lowest BCUT2D eigenvalue weighted by Crippen LogP contribution is -2.27. The highest BCUT2D eigenvalue weighted by molar-refractivity contribution is 6.07. The van der Waals surface area contributed by atoms with Crippen molar-refractivity contribution in [3.63, 3.8) is 0 Å². The first-order valence-corrected chi connectivity index (χ1v) is 9.37. The van der Waals surface area contributed by atoms with Crippen molar-refractivity contribution in [3.05, 3.63) is 96.2 Å². The monoisotopic (exact) mass is 367 g/mol. The van der Waals surface area contributed by atoms with Gasteiger partial charge in [0.15, 0.2) is 0 Å². The SMILES string of the molecule is C[C@H](CNC(=O)c1cc(-c2ccccn2)nc2ccccc12)c1ccccc1. The Morgan fingerprint density at radius 2 is 1.68 bits per heavy atom. The highest BCUT2D eigenvalue weighted by atomic mass is 16.1. The Balaban J connectivity index is 1.64. The molecule has 0 unspecified atom stereocenters. The van der Waals surface area contributed by atoms with Crippen molar-refractivity contribution in [3.8, 4) is 11.4 Å². The van der Waals surface area contributed by atoms with Crippen LogP contribution in [0.5, 0.6) is 0 Å². The van der Waals surface area contributed by atoms with Crippen molar-refractivity contribution >= 4 is 16.8 Å². The Morgan fingerprint density at radius 1 is 0.929 bits per heavy atom. The minimum Gasteiger partial charge on any atom is -0.351 e. The van der Waals surface area contributed by atoms with Crippen molar-refractivity contribution < 1.29 is 4.79 Å². The molecule has 4 heteroatoms. The van der Waals surface area contributed by atoms with E-state index in [0.717, 1.165) is 16.6 Å². The molecule has 2 aromatic heterocycles. The van der Waals surface area contributed by atoms with E-state index in [-0.39, 0.29) is 11.8 Å². The number of nitrogens with zero attached hydrogens (tertiary/aromatic N) is 2. The maximum atomic E-state index is 13.0. The molecule has 0 bridgehead atoms. The van der Waals surface area contributed by atoms with E-state index < -0.39 is 0 Å². The van der Waals surface area contributed by atoms with Crippen LogP contribution in [0, 0.1) is 0 Å². The van der Waals surface area contributed by atoms with E-state index in [9.17, 15) is 4.79 Å². The minimum absolute atomic E-state index is 0.0986. The van der Waals surface area contributed by atoms with Crippen molar-refractivity contribution in [2.75, 3.05) is 6.54 Å². The van der Waals surface area contributed by atoms with E-state index in [1.54, 1.807) is 6.20 Å². The molecule has 2 heterocycles. The van der Waals surface area contributed by atoms with Crippen molar-refractivity contribution in [1.82, 2.24) is 15.3 Å². The number of carbonyl (C=O) groups excluding carboxylic acids is 1. The average molecular weight is 367 g/mol. The number of amides is 1. The van der Waals surface area contributed by atoms with Crippen LogP contribution < -0.4 is 5.32 Å². The van der Waals surface area contributed by atoms with E-state index >= 15 is 0 Å². The van der Waals surface area contributed by atoms with Crippen molar-refractivity contribution in [2.45, 2.75) is 12.8 Å². The van der Waals surface area contributed by atoms with Crippen LogP contribution in [0.2, 0.25) is 0 Å². The van der Waals surface area contributed by atoms with Gasteiger partial charge in [-0.15, -0.1) is 0 Å². The predicted molar refractivity (Wildman–Crippen MR) is 112 cm³/mol. The molecule has 0 aliphatic heterocycles. The summed E-state index contributed by atoms with van der Waals surface area (Å²) in [6, 6.07) is 25.4. The topological polar surface area (TPSA) is 54.9 Å². The van der Waals surface area contributed by atoms with Gasteiger partial charge in [0.05, 0.1) is 22.5 Å². The van der Waals surface area contributed by atoms with E-state index in [2.05, 4.69) is 34.3 Å². The lowest BCUT2D eigenvalue weighted by atomic mass is 10.0. The first kappa shape index (κ1) is 17.9. The van der Waals surface area contributed by atoms with Crippen LogP contribution in [0.1, 0.15) is 28.8 Å². The molecular weight excluding hydrogens is 346 g/mol. The maximum Gasteiger partial charge on any atom is 0.252 e. The van der Waals surface area contributed by atoms with Gasteiger partial charge in [-0.25, -0.2) is 4.98 Å². The Kier molecular flexibility index (Phi) is 5.11. The predicted octanol–water partition coefficient (Wildman–Crippen LogP) is 4.83. The number of hydrogen-bond donors (Lipinski definition) is 1. The van der Waals surface area contributed by atoms with Crippen LogP contribution in [0.15, 0.2) is 85.1 Å². The van der Waals surface area contributed by atoms with Crippen LogP contribution >= 0.6 is 0 Å². The molecule has 0 spiro atoms. The number of rotatable bonds is 5. The zero-order valence-corrected chi connectivity index (χ0v) is 15.7. The number of fused-ring (bicyclic) bond motifs is 1. The number of nitrogens with one attached hydrogen (secondary N) is 1. The number of hydrogen-bond acceptors (Lipinski definition) is 3. The number of pyridine rings is 2. The second kappa shape index (κ2) is 8.01. The Morgan fingerprint density at radius 3 is 2.46 bits per heavy atom. The average Bonchev–Trinajstić information content (AvgIpc) is 2.77. The van der Waals surface area contributed by atoms with Crippen LogP contribution in [-0.2, 0) is 0 Å². The zero-order valence-electron chi connectivity index (χ0n) is 15.7. The second-order valence-corrected chi connectivity index (χ2v) is 6.81. The molecule has 138 valence electrons. The number of aromatic nitrogens is 2. The summed E-state index contributed by atoms with van der Waals surface area (Å²) in [6.07, 6.45) is 1.73. The first-order valence-electron chi connectivity index (χ1n) is 9.37. The van der Waals surface area contributed by atoms with Gasteiger partial charge in [-0.1, -0.05) is 61.5 Å². The van der Waals surface area contributed by atoms with Crippen LogP contribution in [0.25, 0.3) is 22.3 Å². The molecule has 0 saturated heterocycles. The summed E-state index contributed by atoms with van der Waals surface area (Å²) in [5.41, 5.74) is 4.05. The third-order valence-electron chi connectivity index (χ3n) is 4.83. The van der Waals surface area contributed by atoms with E-state index in [0.29, 0.717) is 17.8 Å². The Hall–Kier alpha value is -3.53. The molecule has 0 aliphatic rings. The molecule has 0 aliphatic carbocycles. The summed E-state index contributed by atoms with van der Waals surface area (Å²) >= 11 is 0. The highest BCUT2D eigenvalue weighted by Gasteiger charge is 2.15. The maximum absolute atomic E-state index is 13.0. The Labute approximate surface area is 164 Å². The molecule has 1 N–H and O–H groups in total. The zero-order chi connectivity index (χ0) is 19.3. The van der Waals surface area contributed by atoms with Gasteiger partial charge >= 0.3 is 0 Å².